The largest absolute Gasteiger partial charge is 0.287 e. The third-order valence-corrected chi connectivity index (χ3v) is 22.3. The fraction of sp³-hybridized carbons (Fsp3) is 0.889. The summed E-state index contributed by atoms with van der Waals surface area (Å²) in [5, 5.41) is 1.68. The van der Waals surface area contributed by atoms with Crippen LogP contribution in [-0.4, -0.2) is 89.5 Å². The van der Waals surface area contributed by atoms with E-state index in [0.29, 0.717) is 44.1 Å². The minimum Gasteiger partial charge on any atom is -0.287 e. The first-order valence-electron chi connectivity index (χ1n) is 18.2. The van der Waals surface area contributed by atoms with Crippen LogP contribution in [0.5, 0.6) is 0 Å². The van der Waals surface area contributed by atoms with Crippen molar-refractivity contribution in [2.75, 3.05) is 69.0 Å². The third kappa shape index (κ3) is 8.25. The number of carbonyl (C=O) groups is 4. The van der Waals surface area contributed by atoms with Gasteiger partial charge < -0.3 is 0 Å². The first-order valence-corrected chi connectivity index (χ1v) is 26.8. The van der Waals surface area contributed by atoms with Crippen LogP contribution in [0, 0.1) is 45.3 Å². The van der Waals surface area contributed by atoms with Gasteiger partial charge in [-0.1, -0.05) is 47.0 Å². The second kappa shape index (κ2) is 16.5. The molecule has 0 N–H and O–H groups in total. The van der Waals surface area contributed by atoms with E-state index in [4.69, 9.17) is 0 Å². The van der Waals surface area contributed by atoms with Gasteiger partial charge in [-0.15, -0.1) is 0 Å². The molecular formula is C36H52O4S8. The van der Waals surface area contributed by atoms with E-state index >= 15 is 0 Å². The van der Waals surface area contributed by atoms with Gasteiger partial charge in [0.2, 0.25) is 0 Å². The Morgan fingerprint density at radius 2 is 0.542 bits per heavy atom. The van der Waals surface area contributed by atoms with Crippen LogP contribution in [-0.2, 0) is 19.2 Å². The van der Waals surface area contributed by atoms with Crippen LogP contribution in [0.25, 0.3) is 0 Å². The highest BCUT2D eigenvalue weighted by Crippen LogP contribution is 2.68. The Morgan fingerprint density at radius 3 is 0.771 bits per heavy atom. The van der Waals surface area contributed by atoms with Gasteiger partial charge in [-0.3, -0.25) is 19.2 Å². The maximum Gasteiger partial charge on any atom is 0.195 e. The standard InChI is InChI=1S/2C18H26O2S4/c2*19-15-17-8-13-7-14(9-17)11-18(10-13,12-17)16(20)24-6-4-22-2-1-21-3-5-23-15/h2*13-14H,1-12H2. The summed E-state index contributed by atoms with van der Waals surface area (Å²) >= 11 is 14.2. The van der Waals surface area contributed by atoms with Crippen molar-refractivity contribution in [1.29, 1.82) is 0 Å². The van der Waals surface area contributed by atoms with Gasteiger partial charge in [0.25, 0.3) is 0 Å². The molecule has 8 aliphatic carbocycles. The minimum absolute atomic E-state index is 0.162. The SMILES string of the molecule is O=C1SCCSCCSCCSC(=O)C23CC4CC(CC1(C4)C2)C3.O=C1SCCSCCSCCSC(=O)C23CC4CC(CC1(C4)C2)C3. The smallest absolute Gasteiger partial charge is 0.195 e. The van der Waals surface area contributed by atoms with Crippen molar-refractivity contribution in [3.05, 3.63) is 0 Å². The number of thioether (sulfide) groups is 8. The van der Waals surface area contributed by atoms with Crippen molar-refractivity contribution < 1.29 is 19.2 Å². The monoisotopic (exact) mass is 804 g/mol. The van der Waals surface area contributed by atoms with Gasteiger partial charge in [0.05, 0.1) is 0 Å². The Kier molecular flexibility index (Phi) is 13.0. The van der Waals surface area contributed by atoms with Crippen LogP contribution in [0.1, 0.15) is 77.0 Å². The molecule has 2 aliphatic heterocycles. The molecule has 0 atom stereocenters. The van der Waals surface area contributed by atoms with E-state index in [1.54, 1.807) is 47.0 Å². The van der Waals surface area contributed by atoms with Gasteiger partial charge in [0, 0.05) is 90.7 Å². The number of hydrogen-bond acceptors (Lipinski definition) is 12. The highest BCUT2D eigenvalue weighted by molar-refractivity contribution is 8.15. The molecule has 4 spiro atoms. The van der Waals surface area contributed by atoms with Crippen LogP contribution in [0.3, 0.4) is 0 Å². The Labute approximate surface area is 322 Å². The van der Waals surface area contributed by atoms with Gasteiger partial charge in [0.15, 0.2) is 20.5 Å². The molecule has 2 heterocycles. The second-order valence-electron chi connectivity index (χ2n) is 16.0. The highest BCUT2D eigenvalue weighted by atomic mass is 32.2. The van der Waals surface area contributed by atoms with Crippen molar-refractivity contribution >= 4 is 115 Å². The zero-order valence-corrected chi connectivity index (χ0v) is 34.7. The molecule has 0 amide bonds. The fourth-order valence-electron chi connectivity index (χ4n) is 11.5. The van der Waals surface area contributed by atoms with E-state index in [2.05, 4.69) is 0 Å². The molecule has 0 aromatic rings. The van der Waals surface area contributed by atoms with Crippen molar-refractivity contribution in [2.24, 2.45) is 45.3 Å². The van der Waals surface area contributed by atoms with E-state index in [0.717, 1.165) is 133 Å². The lowest BCUT2D eigenvalue weighted by molar-refractivity contribution is -0.154. The highest BCUT2D eigenvalue weighted by Gasteiger charge is 2.64. The summed E-state index contributed by atoms with van der Waals surface area (Å²) < 4.78 is 0. The van der Waals surface area contributed by atoms with Crippen LogP contribution in [0.15, 0.2) is 0 Å². The molecule has 0 aromatic heterocycles. The Morgan fingerprint density at radius 1 is 0.333 bits per heavy atom. The van der Waals surface area contributed by atoms with Crippen molar-refractivity contribution in [3.8, 4) is 0 Å². The zero-order valence-electron chi connectivity index (χ0n) is 28.2. The number of hydrogen-bond donors (Lipinski definition) is 0. The van der Waals surface area contributed by atoms with E-state index in [9.17, 15) is 19.2 Å². The molecule has 48 heavy (non-hydrogen) atoms. The summed E-state index contributed by atoms with van der Waals surface area (Å²) in [6.07, 6.45) is 12.8. The Hall–Kier alpha value is 1.48. The van der Waals surface area contributed by atoms with Crippen molar-refractivity contribution in [2.45, 2.75) is 77.0 Å². The molecule has 0 radical (unpaired) electrons. The Balaban J connectivity index is 0.000000152. The van der Waals surface area contributed by atoms with Gasteiger partial charge >= 0.3 is 0 Å². The molecule has 12 heteroatoms. The molecule has 2 saturated heterocycles. The molecule has 8 saturated carbocycles. The zero-order chi connectivity index (χ0) is 33.2. The van der Waals surface area contributed by atoms with Gasteiger partial charge in [-0.25, -0.2) is 0 Å². The van der Waals surface area contributed by atoms with Crippen molar-refractivity contribution in [1.82, 2.24) is 0 Å². The molecule has 0 unspecified atom stereocenters. The Bertz CT molecular complexity index is 1020. The lowest BCUT2D eigenvalue weighted by Crippen LogP contribution is -2.56. The average molecular weight is 805 g/mol. The molecule has 4 nitrogen and oxygen atoms in total. The lowest BCUT2D eigenvalue weighted by atomic mass is 9.44. The molecule has 10 aliphatic rings. The van der Waals surface area contributed by atoms with Crippen molar-refractivity contribution in [3.63, 3.8) is 0 Å². The normalized spacial score (nSPS) is 44.2. The van der Waals surface area contributed by atoms with E-state index in [1.165, 1.54) is 12.8 Å². The summed E-state index contributed by atoms with van der Waals surface area (Å²) in [6.45, 7) is 0. The fourth-order valence-corrected chi connectivity index (χ4v) is 20.4. The van der Waals surface area contributed by atoms with E-state index < -0.39 is 0 Å². The molecule has 268 valence electrons. The number of carbonyl (C=O) groups excluding carboxylic acids is 4. The maximum atomic E-state index is 13.1. The summed E-state index contributed by atoms with van der Waals surface area (Å²) in [4.78, 5) is 52.4. The lowest BCUT2D eigenvalue weighted by Gasteiger charge is -2.60. The molecule has 8 bridgehead atoms. The van der Waals surface area contributed by atoms with Gasteiger partial charge in [-0.05, 0) is 101 Å². The first-order chi connectivity index (χ1) is 23.2. The van der Waals surface area contributed by atoms with Crippen LogP contribution >= 0.6 is 94.1 Å². The molecule has 10 fully saturated rings. The predicted molar refractivity (Wildman–Crippen MR) is 218 cm³/mol. The molecule has 0 aromatic carbocycles. The summed E-state index contributed by atoms with van der Waals surface area (Å²) in [5.74, 6) is 15.3. The van der Waals surface area contributed by atoms with E-state index in [1.807, 2.05) is 47.0 Å². The second-order valence-corrected chi connectivity index (χ2v) is 25.2. The van der Waals surface area contributed by atoms with Gasteiger partial charge in [-0.2, -0.15) is 47.0 Å². The van der Waals surface area contributed by atoms with Gasteiger partial charge in [0.1, 0.15) is 0 Å². The van der Waals surface area contributed by atoms with E-state index in [-0.39, 0.29) is 21.7 Å². The summed E-state index contributed by atoms with van der Waals surface area (Å²) in [5.41, 5.74) is -0.649. The minimum atomic E-state index is -0.162. The quantitative estimate of drug-likeness (QED) is 0.235. The average Bonchev–Trinajstić information content (AvgIpc) is 3.04. The molecular weight excluding hydrogens is 753 g/mol. The first kappa shape index (κ1) is 37.8. The number of rotatable bonds is 0. The van der Waals surface area contributed by atoms with Crippen LogP contribution < -0.4 is 0 Å². The van der Waals surface area contributed by atoms with Crippen LogP contribution in [0.4, 0.5) is 0 Å². The summed E-state index contributed by atoms with van der Waals surface area (Å²) in [7, 11) is 0. The molecule has 10 rings (SSSR count). The topological polar surface area (TPSA) is 68.3 Å². The maximum absolute atomic E-state index is 13.1. The predicted octanol–water partition coefficient (Wildman–Crippen LogP) is 9.15. The summed E-state index contributed by atoms with van der Waals surface area (Å²) in [6, 6.07) is 0. The third-order valence-electron chi connectivity index (χ3n) is 12.4. The van der Waals surface area contributed by atoms with Crippen LogP contribution in [0.2, 0.25) is 0 Å².